The molecule has 2 amide bonds. The summed E-state index contributed by atoms with van der Waals surface area (Å²) in [5.41, 5.74) is 6.68. The lowest BCUT2D eigenvalue weighted by Crippen LogP contribution is -2.52. The van der Waals surface area contributed by atoms with Crippen molar-refractivity contribution in [1.82, 2.24) is 10.2 Å². The molecule has 21 heavy (non-hydrogen) atoms. The second-order valence-corrected chi connectivity index (χ2v) is 5.35. The zero-order valence-corrected chi connectivity index (χ0v) is 11.9. The van der Waals surface area contributed by atoms with Crippen molar-refractivity contribution in [2.24, 2.45) is 5.73 Å². The van der Waals surface area contributed by atoms with Crippen molar-refractivity contribution >= 4 is 12.0 Å². The van der Waals surface area contributed by atoms with E-state index in [-0.39, 0.29) is 18.5 Å². The van der Waals surface area contributed by atoms with E-state index in [4.69, 9.17) is 5.73 Å². The van der Waals surface area contributed by atoms with Crippen LogP contribution in [0.5, 0.6) is 0 Å². The summed E-state index contributed by atoms with van der Waals surface area (Å²) in [7, 11) is 0. The minimum atomic E-state index is -1.03. The molecule has 1 unspecified atom stereocenters. The fourth-order valence-electron chi connectivity index (χ4n) is 2.39. The van der Waals surface area contributed by atoms with Gasteiger partial charge in [-0.05, 0) is 18.4 Å². The van der Waals surface area contributed by atoms with Crippen molar-refractivity contribution in [3.8, 4) is 0 Å². The zero-order valence-electron chi connectivity index (χ0n) is 11.9. The molecular formula is C15H21N3O3. The molecule has 2 rings (SSSR count). The van der Waals surface area contributed by atoms with Crippen LogP contribution in [0, 0.1) is 0 Å². The van der Waals surface area contributed by atoms with E-state index in [1.165, 1.54) is 0 Å². The number of aliphatic carboxylic acids is 1. The maximum Gasteiger partial charge on any atom is 0.326 e. The van der Waals surface area contributed by atoms with E-state index in [9.17, 15) is 14.7 Å². The van der Waals surface area contributed by atoms with Gasteiger partial charge < -0.3 is 21.1 Å². The lowest BCUT2D eigenvalue weighted by molar-refractivity contribution is -0.139. The number of hydrogen-bond acceptors (Lipinski definition) is 3. The topological polar surface area (TPSA) is 95.7 Å². The van der Waals surface area contributed by atoms with Crippen molar-refractivity contribution in [3.05, 3.63) is 35.9 Å². The van der Waals surface area contributed by atoms with E-state index in [2.05, 4.69) is 5.32 Å². The molecule has 0 spiro atoms. The van der Waals surface area contributed by atoms with Crippen LogP contribution in [-0.4, -0.2) is 47.2 Å². The molecule has 0 radical (unpaired) electrons. The molecule has 1 fully saturated rings. The van der Waals surface area contributed by atoms with Crippen LogP contribution in [0.15, 0.2) is 30.3 Å². The van der Waals surface area contributed by atoms with Gasteiger partial charge in [-0.1, -0.05) is 30.3 Å². The molecule has 1 aliphatic rings. The first kappa shape index (κ1) is 15.3. The maximum absolute atomic E-state index is 12.1. The number of urea groups is 1. The highest BCUT2D eigenvalue weighted by molar-refractivity contribution is 5.82. The first-order valence-corrected chi connectivity index (χ1v) is 7.14. The highest BCUT2D eigenvalue weighted by Crippen LogP contribution is 2.09. The Kier molecular flexibility index (Phi) is 5.16. The predicted octanol–water partition coefficient (Wildman–Crippen LogP) is 0.815. The summed E-state index contributed by atoms with van der Waals surface area (Å²) in [5.74, 6) is -1.03. The van der Waals surface area contributed by atoms with Gasteiger partial charge in [-0.2, -0.15) is 0 Å². The first-order chi connectivity index (χ1) is 10.1. The Labute approximate surface area is 123 Å². The summed E-state index contributed by atoms with van der Waals surface area (Å²) in [6.07, 6.45) is 1.78. The summed E-state index contributed by atoms with van der Waals surface area (Å²) in [4.78, 5) is 25.1. The molecular weight excluding hydrogens is 270 g/mol. The molecule has 0 bridgehead atoms. The van der Waals surface area contributed by atoms with Crippen LogP contribution in [0.2, 0.25) is 0 Å². The first-order valence-electron chi connectivity index (χ1n) is 7.14. The van der Waals surface area contributed by atoms with Gasteiger partial charge in [-0.15, -0.1) is 0 Å². The minimum absolute atomic E-state index is 0.133. The number of rotatable bonds is 4. The molecule has 1 atom stereocenters. The SMILES string of the molecule is NC1CCN(C(=O)NC(Cc2ccccc2)C(=O)O)CC1. The Balaban J connectivity index is 1.93. The van der Waals surface area contributed by atoms with Crippen molar-refractivity contribution < 1.29 is 14.7 Å². The van der Waals surface area contributed by atoms with E-state index in [1.54, 1.807) is 4.90 Å². The van der Waals surface area contributed by atoms with Crippen molar-refractivity contribution in [3.63, 3.8) is 0 Å². The lowest BCUT2D eigenvalue weighted by Gasteiger charge is -2.31. The van der Waals surface area contributed by atoms with Gasteiger partial charge >= 0.3 is 12.0 Å². The smallest absolute Gasteiger partial charge is 0.326 e. The summed E-state index contributed by atoms with van der Waals surface area (Å²) in [5, 5.41) is 11.9. The molecule has 0 saturated carbocycles. The third-order valence-corrected chi connectivity index (χ3v) is 3.71. The van der Waals surface area contributed by atoms with Gasteiger partial charge in [-0.3, -0.25) is 0 Å². The average molecular weight is 291 g/mol. The number of carboxylic acid groups (broad SMARTS) is 1. The molecule has 1 saturated heterocycles. The van der Waals surface area contributed by atoms with Crippen LogP contribution < -0.4 is 11.1 Å². The zero-order chi connectivity index (χ0) is 15.2. The number of piperidine rings is 1. The number of amides is 2. The van der Waals surface area contributed by atoms with Gasteiger partial charge in [0, 0.05) is 25.6 Å². The third kappa shape index (κ3) is 4.46. The molecule has 6 heteroatoms. The highest BCUT2D eigenvalue weighted by Gasteiger charge is 2.25. The number of likely N-dealkylation sites (tertiary alicyclic amines) is 1. The van der Waals surface area contributed by atoms with E-state index < -0.39 is 12.0 Å². The summed E-state index contributed by atoms with van der Waals surface area (Å²) >= 11 is 0. The van der Waals surface area contributed by atoms with E-state index in [1.807, 2.05) is 30.3 Å². The summed E-state index contributed by atoms with van der Waals surface area (Å²) < 4.78 is 0. The van der Waals surface area contributed by atoms with Crippen molar-refractivity contribution in [2.45, 2.75) is 31.3 Å². The Hall–Kier alpha value is -2.08. The number of hydrogen-bond donors (Lipinski definition) is 3. The maximum atomic E-state index is 12.1. The number of carbonyl (C=O) groups is 2. The molecule has 0 aliphatic carbocycles. The molecule has 1 aromatic rings. The van der Waals surface area contributed by atoms with E-state index >= 15 is 0 Å². The van der Waals surface area contributed by atoms with Crippen LogP contribution >= 0.6 is 0 Å². The number of carbonyl (C=O) groups excluding carboxylic acids is 1. The molecule has 1 aromatic carbocycles. The van der Waals surface area contributed by atoms with Gasteiger partial charge in [0.15, 0.2) is 0 Å². The van der Waals surface area contributed by atoms with Crippen LogP contribution in [0.1, 0.15) is 18.4 Å². The van der Waals surface area contributed by atoms with Gasteiger partial charge in [-0.25, -0.2) is 9.59 Å². The Morgan fingerprint density at radius 1 is 1.29 bits per heavy atom. The fraction of sp³-hybridized carbons (Fsp3) is 0.467. The normalized spacial score (nSPS) is 17.3. The Bertz CT molecular complexity index is 484. The Morgan fingerprint density at radius 2 is 1.90 bits per heavy atom. The predicted molar refractivity (Wildman–Crippen MR) is 78.9 cm³/mol. The Morgan fingerprint density at radius 3 is 2.48 bits per heavy atom. The molecule has 6 nitrogen and oxygen atoms in total. The van der Waals surface area contributed by atoms with Crippen molar-refractivity contribution in [2.75, 3.05) is 13.1 Å². The summed E-state index contributed by atoms with van der Waals surface area (Å²) in [6.45, 7) is 1.15. The van der Waals surface area contributed by atoms with E-state index in [0.717, 1.165) is 18.4 Å². The molecule has 1 aliphatic heterocycles. The second kappa shape index (κ2) is 7.08. The average Bonchev–Trinajstić information content (AvgIpc) is 2.48. The van der Waals surface area contributed by atoms with Crippen LogP contribution in [0.4, 0.5) is 4.79 Å². The number of carboxylic acids is 1. The largest absolute Gasteiger partial charge is 0.480 e. The van der Waals surface area contributed by atoms with Crippen LogP contribution in [0.3, 0.4) is 0 Å². The molecule has 0 aromatic heterocycles. The monoisotopic (exact) mass is 291 g/mol. The fourth-order valence-corrected chi connectivity index (χ4v) is 2.39. The van der Waals surface area contributed by atoms with Gasteiger partial charge in [0.2, 0.25) is 0 Å². The number of nitrogens with zero attached hydrogens (tertiary/aromatic N) is 1. The van der Waals surface area contributed by atoms with Gasteiger partial charge in [0.05, 0.1) is 0 Å². The molecule has 4 N–H and O–H groups in total. The third-order valence-electron chi connectivity index (χ3n) is 3.71. The summed E-state index contributed by atoms with van der Waals surface area (Å²) in [6, 6.07) is 8.15. The minimum Gasteiger partial charge on any atom is -0.480 e. The van der Waals surface area contributed by atoms with Gasteiger partial charge in [0.1, 0.15) is 6.04 Å². The quantitative estimate of drug-likeness (QED) is 0.765. The number of nitrogens with two attached hydrogens (primary N) is 1. The molecule has 114 valence electrons. The second-order valence-electron chi connectivity index (χ2n) is 5.35. The number of nitrogens with one attached hydrogen (secondary N) is 1. The molecule has 1 heterocycles. The number of benzene rings is 1. The highest BCUT2D eigenvalue weighted by atomic mass is 16.4. The van der Waals surface area contributed by atoms with E-state index in [0.29, 0.717) is 13.1 Å². The lowest BCUT2D eigenvalue weighted by atomic mass is 10.1. The van der Waals surface area contributed by atoms with Gasteiger partial charge in [0.25, 0.3) is 0 Å². The van der Waals surface area contributed by atoms with Crippen LogP contribution in [0.25, 0.3) is 0 Å². The van der Waals surface area contributed by atoms with Crippen LogP contribution in [-0.2, 0) is 11.2 Å². The standard InChI is InChI=1S/C15H21N3O3/c16-12-6-8-18(9-7-12)15(21)17-13(14(19)20)10-11-4-2-1-3-5-11/h1-5,12-13H,6-10,16H2,(H,17,21)(H,19,20). The van der Waals surface area contributed by atoms with Crippen molar-refractivity contribution in [1.29, 1.82) is 0 Å².